The molecule has 5 heteroatoms. The molecule has 1 heterocycles. The maximum atomic E-state index is 12.2. The molecule has 0 saturated carbocycles. The molecule has 0 aromatic carbocycles. The molecule has 0 aromatic heterocycles. The molecule has 0 radical (unpaired) electrons. The van der Waals surface area contributed by atoms with Crippen LogP contribution in [0.2, 0.25) is 0 Å². The van der Waals surface area contributed by atoms with Crippen molar-refractivity contribution in [2.45, 2.75) is 45.2 Å². The largest absolute Gasteiger partial charge is 0.383 e. The summed E-state index contributed by atoms with van der Waals surface area (Å²) in [5.41, 5.74) is -0.749. The third-order valence-electron chi connectivity index (χ3n) is 3.57. The normalized spacial score (nSPS) is 29.4. The number of nitrogens with zero attached hydrogens (tertiary/aromatic N) is 1. The molecule has 1 N–H and O–H groups in total. The molecule has 1 aliphatic heterocycles. The van der Waals surface area contributed by atoms with Gasteiger partial charge in [-0.3, -0.25) is 9.59 Å². The molecule has 0 aliphatic carbocycles. The monoisotopic (exact) mass is 242 g/mol. The van der Waals surface area contributed by atoms with Crippen molar-refractivity contribution in [3.05, 3.63) is 0 Å². The van der Waals surface area contributed by atoms with E-state index in [2.05, 4.69) is 5.32 Å². The van der Waals surface area contributed by atoms with Gasteiger partial charge < -0.3 is 15.0 Å². The SMILES string of the molecule is CCC1NC(=O)C(C)(CC)N(CCOC)C1=O. The highest BCUT2D eigenvalue weighted by Crippen LogP contribution is 2.25. The maximum absolute atomic E-state index is 12.2. The fourth-order valence-corrected chi connectivity index (χ4v) is 2.10. The number of nitrogens with one attached hydrogen (secondary N) is 1. The van der Waals surface area contributed by atoms with Gasteiger partial charge in [-0.25, -0.2) is 0 Å². The fourth-order valence-electron chi connectivity index (χ4n) is 2.10. The summed E-state index contributed by atoms with van der Waals surface area (Å²) in [7, 11) is 1.59. The number of ether oxygens (including phenoxy) is 1. The van der Waals surface area contributed by atoms with Crippen LogP contribution < -0.4 is 5.32 Å². The minimum absolute atomic E-state index is 0.00602. The molecule has 2 atom stereocenters. The van der Waals surface area contributed by atoms with E-state index in [4.69, 9.17) is 4.74 Å². The standard InChI is InChI=1S/C12H22N2O3/c1-5-9-10(15)14(7-8-17-4)12(3,6-2)11(16)13-9/h9H,5-8H2,1-4H3,(H,13,16). The quantitative estimate of drug-likeness (QED) is 0.765. The van der Waals surface area contributed by atoms with Crippen LogP contribution in [0.4, 0.5) is 0 Å². The van der Waals surface area contributed by atoms with Crippen molar-refractivity contribution >= 4 is 11.8 Å². The number of hydrogen-bond acceptors (Lipinski definition) is 3. The summed E-state index contributed by atoms with van der Waals surface area (Å²) < 4.78 is 5.01. The van der Waals surface area contributed by atoms with E-state index in [1.165, 1.54) is 0 Å². The summed E-state index contributed by atoms with van der Waals surface area (Å²) in [6.45, 7) is 6.53. The summed E-state index contributed by atoms with van der Waals surface area (Å²) in [6.07, 6.45) is 1.22. The molecule has 2 amide bonds. The van der Waals surface area contributed by atoms with Gasteiger partial charge in [-0.1, -0.05) is 13.8 Å². The van der Waals surface area contributed by atoms with Crippen LogP contribution in [0.5, 0.6) is 0 Å². The average molecular weight is 242 g/mol. The minimum atomic E-state index is -0.749. The van der Waals surface area contributed by atoms with Crippen LogP contribution in [-0.4, -0.2) is 48.6 Å². The molecule has 0 bridgehead atoms. The second-order valence-electron chi connectivity index (χ2n) is 4.54. The van der Waals surface area contributed by atoms with Crippen LogP contribution in [0.1, 0.15) is 33.6 Å². The molecule has 2 unspecified atom stereocenters. The summed E-state index contributed by atoms with van der Waals surface area (Å²) in [5.74, 6) is -0.0731. The molecular formula is C12H22N2O3. The maximum Gasteiger partial charge on any atom is 0.246 e. The Morgan fingerprint density at radius 1 is 1.41 bits per heavy atom. The van der Waals surface area contributed by atoms with Crippen molar-refractivity contribution in [2.75, 3.05) is 20.3 Å². The Balaban J connectivity index is 2.96. The van der Waals surface area contributed by atoms with Crippen molar-refractivity contribution in [1.82, 2.24) is 10.2 Å². The van der Waals surface area contributed by atoms with Gasteiger partial charge in [-0.15, -0.1) is 0 Å². The number of amides is 2. The first-order valence-electron chi connectivity index (χ1n) is 6.12. The molecule has 1 saturated heterocycles. The van der Waals surface area contributed by atoms with E-state index in [0.29, 0.717) is 26.0 Å². The Hall–Kier alpha value is -1.10. The summed E-state index contributed by atoms with van der Waals surface area (Å²) >= 11 is 0. The highest BCUT2D eigenvalue weighted by atomic mass is 16.5. The van der Waals surface area contributed by atoms with Crippen LogP contribution in [0, 0.1) is 0 Å². The van der Waals surface area contributed by atoms with Gasteiger partial charge in [-0.2, -0.15) is 0 Å². The van der Waals surface area contributed by atoms with Gasteiger partial charge in [0.2, 0.25) is 11.8 Å². The Kier molecular flexibility index (Phi) is 4.51. The average Bonchev–Trinajstić information content (AvgIpc) is 2.33. The Labute approximate surface area is 102 Å². The molecule has 1 aliphatic rings. The molecule has 17 heavy (non-hydrogen) atoms. The highest BCUT2D eigenvalue weighted by Gasteiger charge is 2.47. The lowest BCUT2D eigenvalue weighted by Gasteiger charge is -2.45. The van der Waals surface area contributed by atoms with E-state index in [1.54, 1.807) is 12.0 Å². The Morgan fingerprint density at radius 2 is 2.06 bits per heavy atom. The predicted octanol–water partition coefficient (Wildman–Crippen LogP) is 0.538. The van der Waals surface area contributed by atoms with Gasteiger partial charge in [0.25, 0.3) is 0 Å². The first-order valence-corrected chi connectivity index (χ1v) is 6.12. The van der Waals surface area contributed by atoms with Gasteiger partial charge in [0.1, 0.15) is 11.6 Å². The van der Waals surface area contributed by atoms with E-state index >= 15 is 0 Å². The molecular weight excluding hydrogens is 220 g/mol. The van der Waals surface area contributed by atoms with E-state index in [1.807, 2.05) is 20.8 Å². The lowest BCUT2D eigenvalue weighted by Crippen LogP contribution is -2.69. The molecule has 0 spiro atoms. The minimum Gasteiger partial charge on any atom is -0.383 e. The van der Waals surface area contributed by atoms with Gasteiger partial charge in [0, 0.05) is 13.7 Å². The van der Waals surface area contributed by atoms with Gasteiger partial charge >= 0.3 is 0 Å². The lowest BCUT2D eigenvalue weighted by atomic mass is 9.90. The first-order chi connectivity index (χ1) is 8.01. The van der Waals surface area contributed by atoms with Crippen molar-refractivity contribution in [2.24, 2.45) is 0 Å². The van der Waals surface area contributed by atoms with Crippen LogP contribution in [-0.2, 0) is 14.3 Å². The zero-order valence-electron chi connectivity index (χ0n) is 11.1. The highest BCUT2D eigenvalue weighted by molar-refractivity contribution is 5.99. The van der Waals surface area contributed by atoms with Crippen molar-refractivity contribution in [1.29, 1.82) is 0 Å². The topological polar surface area (TPSA) is 58.6 Å². The van der Waals surface area contributed by atoms with E-state index in [0.717, 1.165) is 0 Å². The first kappa shape index (κ1) is 14.0. The molecule has 5 nitrogen and oxygen atoms in total. The number of methoxy groups -OCH3 is 1. The molecule has 1 fully saturated rings. The Morgan fingerprint density at radius 3 is 2.53 bits per heavy atom. The smallest absolute Gasteiger partial charge is 0.246 e. The number of piperazine rings is 1. The lowest BCUT2D eigenvalue weighted by molar-refractivity contribution is -0.157. The van der Waals surface area contributed by atoms with E-state index in [9.17, 15) is 9.59 Å². The zero-order chi connectivity index (χ0) is 13.1. The van der Waals surface area contributed by atoms with Crippen LogP contribution >= 0.6 is 0 Å². The van der Waals surface area contributed by atoms with Crippen molar-refractivity contribution in [3.8, 4) is 0 Å². The van der Waals surface area contributed by atoms with Gasteiger partial charge in [0.15, 0.2) is 0 Å². The molecule has 98 valence electrons. The fraction of sp³-hybridized carbons (Fsp3) is 0.833. The number of rotatable bonds is 5. The van der Waals surface area contributed by atoms with Crippen LogP contribution in [0.25, 0.3) is 0 Å². The third kappa shape index (κ3) is 2.44. The number of carbonyl (C=O) groups is 2. The summed E-state index contributed by atoms with van der Waals surface area (Å²) in [6, 6.07) is -0.390. The summed E-state index contributed by atoms with van der Waals surface area (Å²) in [4.78, 5) is 26.0. The van der Waals surface area contributed by atoms with Gasteiger partial charge in [-0.05, 0) is 19.8 Å². The zero-order valence-corrected chi connectivity index (χ0v) is 11.1. The van der Waals surface area contributed by atoms with Crippen LogP contribution in [0.15, 0.2) is 0 Å². The summed E-state index contributed by atoms with van der Waals surface area (Å²) in [5, 5.41) is 2.79. The van der Waals surface area contributed by atoms with Crippen LogP contribution in [0.3, 0.4) is 0 Å². The molecule has 1 rings (SSSR count). The van der Waals surface area contributed by atoms with E-state index in [-0.39, 0.29) is 17.9 Å². The Bertz CT molecular complexity index is 306. The second-order valence-corrected chi connectivity index (χ2v) is 4.54. The number of hydrogen-bond donors (Lipinski definition) is 1. The molecule has 0 aromatic rings. The number of carbonyl (C=O) groups excluding carboxylic acids is 2. The van der Waals surface area contributed by atoms with Crippen molar-refractivity contribution in [3.63, 3.8) is 0 Å². The second kappa shape index (κ2) is 5.49. The predicted molar refractivity (Wildman–Crippen MR) is 64.5 cm³/mol. The van der Waals surface area contributed by atoms with Crippen molar-refractivity contribution < 1.29 is 14.3 Å². The van der Waals surface area contributed by atoms with Gasteiger partial charge in [0.05, 0.1) is 6.61 Å². The van der Waals surface area contributed by atoms with E-state index < -0.39 is 5.54 Å². The third-order valence-corrected chi connectivity index (χ3v) is 3.57.